The van der Waals surface area contributed by atoms with Crippen LogP contribution in [0.1, 0.15) is 30.7 Å². The van der Waals surface area contributed by atoms with Gasteiger partial charge in [-0.2, -0.15) is 11.8 Å². The van der Waals surface area contributed by atoms with Crippen molar-refractivity contribution in [2.24, 2.45) is 11.5 Å². The van der Waals surface area contributed by atoms with Crippen molar-refractivity contribution in [3.63, 3.8) is 0 Å². The highest BCUT2D eigenvalue weighted by Gasteiger charge is 2.31. The summed E-state index contributed by atoms with van der Waals surface area (Å²) in [6, 6.07) is -4.58. The van der Waals surface area contributed by atoms with Crippen molar-refractivity contribution in [1.29, 1.82) is 0 Å². The van der Waals surface area contributed by atoms with Gasteiger partial charge in [0, 0.05) is 43.0 Å². The van der Waals surface area contributed by atoms with E-state index >= 15 is 0 Å². The molecule has 4 amide bonds. The summed E-state index contributed by atoms with van der Waals surface area (Å²) in [4.78, 5) is 75.1. The Morgan fingerprint density at radius 1 is 0.895 bits per heavy atom. The molecular formula is C22H33N9O6S. The van der Waals surface area contributed by atoms with Gasteiger partial charge >= 0.3 is 5.97 Å². The Morgan fingerprint density at radius 2 is 1.42 bits per heavy atom. The molecule has 16 heteroatoms. The molecule has 10 N–H and O–H groups in total. The van der Waals surface area contributed by atoms with Crippen molar-refractivity contribution < 1.29 is 29.1 Å². The molecule has 2 aromatic rings. The third kappa shape index (κ3) is 10.2. The number of carboxylic acid groups (broad SMARTS) is 1. The quantitative estimate of drug-likeness (QED) is 0.105. The van der Waals surface area contributed by atoms with E-state index in [1.165, 1.54) is 36.8 Å². The topological polar surface area (TPSA) is 251 Å². The van der Waals surface area contributed by atoms with Gasteiger partial charge in [0.15, 0.2) is 0 Å². The van der Waals surface area contributed by atoms with E-state index in [1.54, 1.807) is 0 Å². The molecule has 15 nitrogen and oxygen atoms in total. The Balaban J connectivity index is 2.15. The number of amides is 4. The third-order valence-corrected chi connectivity index (χ3v) is 6.13. The minimum absolute atomic E-state index is 0.00972. The second-order valence-electron chi connectivity index (χ2n) is 8.48. The van der Waals surface area contributed by atoms with Gasteiger partial charge in [-0.3, -0.25) is 19.2 Å². The maximum absolute atomic E-state index is 13.2. The van der Waals surface area contributed by atoms with Crippen LogP contribution in [0.2, 0.25) is 0 Å². The first-order valence-electron chi connectivity index (χ1n) is 11.7. The minimum atomic E-state index is -1.29. The molecule has 2 aromatic heterocycles. The Bertz CT molecular complexity index is 1060. The Hall–Kier alpha value is -3.92. The first-order chi connectivity index (χ1) is 18.1. The van der Waals surface area contributed by atoms with Crippen LogP contribution in [-0.4, -0.2) is 90.8 Å². The summed E-state index contributed by atoms with van der Waals surface area (Å²) >= 11 is 1.45. The lowest BCUT2D eigenvalue weighted by atomic mass is 10.1. The van der Waals surface area contributed by atoms with E-state index in [4.69, 9.17) is 11.5 Å². The van der Waals surface area contributed by atoms with E-state index < -0.39 is 53.8 Å². The van der Waals surface area contributed by atoms with Crippen LogP contribution in [0.15, 0.2) is 25.0 Å². The summed E-state index contributed by atoms with van der Waals surface area (Å²) in [7, 11) is 0. The number of carboxylic acids is 1. The highest BCUT2D eigenvalue weighted by molar-refractivity contribution is 7.98. The molecule has 0 fully saturated rings. The van der Waals surface area contributed by atoms with E-state index in [0.717, 1.165) is 0 Å². The van der Waals surface area contributed by atoms with Gasteiger partial charge in [0.25, 0.3) is 0 Å². The number of thioether (sulfide) groups is 1. The van der Waals surface area contributed by atoms with Crippen LogP contribution in [0.3, 0.4) is 0 Å². The average molecular weight is 552 g/mol. The molecule has 0 aliphatic heterocycles. The Labute approximate surface area is 222 Å². The summed E-state index contributed by atoms with van der Waals surface area (Å²) in [6.07, 6.45) is 7.61. The molecule has 0 radical (unpaired) electrons. The molecule has 2 heterocycles. The van der Waals surface area contributed by atoms with Gasteiger partial charge in [-0.25, -0.2) is 14.8 Å². The fourth-order valence-corrected chi connectivity index (χ4v) is 3.87. The molecule has 4 unspecified atom stereocenters. The number of aromatic nitrogens is 4. The molecular weight excluding hydrogens is 518 g/mol. The van der Waals surface area contributed by atoms with Crippen LogP contribution < -0.4 is 27.4 Å². The first-order valence-corrected chi connectivity index (χ1v) is 13.1. The number of nitrogens with one attached hydrogen (secondary N) is 5. The fraction of sp³-hybridized carbons (Fsp3) is 0.500. The Kier molecular flexibility index (Phi) is 12.2. The van der Waals surface area contributed by atoms with Crippen molar-refractivity contribution in [3.8, 4) is 0 Å². The van der Waals surface area contributed by atoms with Crippen LogP contribution in [-0.2, 0) is 36.8 Å². The highest BCUT2D eigenvalue weighted by Crippen LogP contribution is 2.07. The number of carbonyl (C=O) groups excluding carboxylic acids is 4. The molecule has 0 aliphatic carbocycles. The van der Waals surface area contributed by atoms with Gasteiger partial charge in [0.2, 0.25) is 23.6 Å². The molecule has 0 aliphatic rings. The summed E-state index contributed by atoms with van der Waals surface area (Å²) in [5.74, 6) is -3.41. The van der Waals surface area contributed by atoms with Gasteiger partial charge in [-0.15, -0.1) is 0 Å². The standard InChI is InChI=1S/C22H33N9O6S/c1-38-5-4-15(29-19(33)14(23)2-3-18(24)32)20(34)30-16(6-12-8-25-10-27-12)21(35)31-17(22(36)37)7-13-9-26-11-28-13/h8-11,14-17H,2-7,23H2,1H3,(H2,24,32)(H,25,27)(H,26,28)(H,29,33)(H,30,34)(H,31,35)(H,36,37). The lowest BCUT2D eigenvalue weighted by molar-refractivity contribution is -0.142. The first kappa shape index (κ1) is 30.3. The van der Waals surface area contributed by atoms with Crippen molar-refractivity contribution in [3.05, 3.63) is 36.4 Å². The summed E-state index contributed by atoms with van der Waals surface area (Å²) in [5, 5.41) is 17.2. The molecule has 0 saturated carbocycles. The second-order valence-corrected chi connectivity index (χ2v) is 9.46. The Morgan fingerprint density at radius 3 is 1.92 bits per heavy atom. The molecule has 208 valence electrons. The van der Waals surface area contributed by atoms with Gasteiger partial charge in [-0.05, 0) is 24.9 Å². The maximum atomic E-state index is 13.2. The lowest BCUT2D eigenvalue weighted by Gasteiger charge is -2.25. The summed E-state index contributed by atoms with van der Waals surface area (Å²) < 4.78 is 0. The predicted octanol–water partition coefficient (Wildman–Crippen LogP) is -2.20. The maximum Gasteiger partial charge on any atom is 0.326 e. The van der Waals surface area contributed by atoms with E-state index in [9.17, 15) is 29.1 Å². The number of hydrogen-bond acceptors (Lipinski definition) is 9. The molecule has 0 bridgehead atoms. The number of aliphatic carboxylic acids is 1. The largest absolute Gasteiger partial charge is 0.480 e. The van der Waals surface area contributed by atoms with Crippen molar-refractivity contribution in [1.82, 2.24) is 35.9 Å². The number of carbonyl (C=O) groups is 5. The molecule has 4 atom stereocenters. The highest BCUT2D eigenvalue weighted by atomic mass is 32.2. The minimum Gasteiger partial charge on any atom is -0.480 e. The van der Waals surface area contributed by atoms with Gasteiger partial charge in [-0.1, -0.05) is 0 Å². The predicted molar refractivity (Wildman–Crippen MR) is 137 cm³/mol. The van der Waals surface area contributed by atoms with Crippen LogP contribution in [0.25, 0.3) is 0 Å². The number of nitrogens with two attached hydrogens (primary N) is 2. The molecule has 2 rings (SSSR count). The number of hydrogen-bond donors (Lipinski definition) is 8. The van der Waals surface area contributed by atoms with E-state index in [2.05, 4.69) is 35.9 Å². The van der Waals surface area contributed by atoms with E-state index in [1.807, 2.05) is 6.26 Å². The van der Waals surface area contributed by atoms with Gasteiger partial charge in [0.05, 0.1) is 18.7 Å². The number of H-pyrrole nitrogens is 2. The van der Waals surface area contributed by atoms with Crippen LogP contribution in [0.4, 0.5) is 0 Å². The van der Waals surface area contributed by atoms with E-state index in [0.29, 0.717) is 17.1 Å². The van der Waals surface area contributed by atoms with Gasteiger partial charge < -0.3 is 42.5 Å². The van der Waals surface area contributed by atoms with Crippen molar-refractivity contribution in [2.45, 2.75) is 56.3 Å². The zero-order chi connectivity index (χ0) is 28.1. The zero-order valence-electron chi connectivity index (χ0n) is 20.8. The van der Waals surface area contributed by atoms with Crippen molar-refractivity contribution in [2.75, 3.05) is 12.0 Å². The van der Waals surface area contributed by atoms with Crippen LogP contribution >= 0.6 is 11.8 Å². The summed E-state index contributed by atoms with van der Waals surface area (Å²) in [5.41, 5.74) is 11.9. The molecule has 0 saturated heterocycles. The van der Waals surface area contributed by atoms with Crippen LogP contribution in [0.5, 0.6) is 0 Å². The van der Waals surface area contributed by atoms with E-state index in [-0.39, 0.29) is 32.1 Å². The number of imidazole rings is 2. The summed E-state index contributed by atoms with van der Waals surface area (Å²) in [6.45, 7) is 0. The number of rotatable bonds is 17. The molecule has 38 heavy (non-hydrogen) atoms. The SMILES string of the molecule is CSCCC(NC(=O)C(N)CCC(N)=O)C(=O)NC(Cc1cnc[nH]1)C(=O)NC(Cc1cnc[nH]1)C(=O)O. The average Bonchev–Trinajstić information content (AvgIpc) is 3.58. The van der Waals surface area contributed by atoms with Crippen molar-refractivity contribution >= 4 is 41.4 Å². The zero-order valence-corrected chi connectivity index (χ0v) is 21.6. The smallest absolute Gasteiger partial charge is 0.326 e. The molecule has 0 spiro atoms. The molecule has 0 aromatic carbocycles. The number of nitrogens with zero attached hydrogens (tertiary/aromatic N) is 2. The second kappa shape index (κ2) is 15.4. The number of aromatic amines is 2. The van der Waals surface area contributed by atoms with Gasteiger partial charge in [0.1, 0.15) is 18.1 Å². The fourth-order valence-electron chi connectivity index (χ4n) is 3.40. The lowest BCUT2D eigenvalue weighted by Crippen LogP contribution is -2.58. The normalized spacial score (nSPS) is 14.1. The van der Waals surface area contributed by atoms with Crippen LogP contribution in [0, 0.1) is 0 Å². The third-order valence-electron chi connectivity index (χ3n) is 5.49. The number of primary amides is 1. The monoisotopic (exact) mass is 551 g/mol.